The molecule has 9 heteroatoms. The lowest BCUT2D eigenvalue weighted by atomic mass is 10.1. The molecule has 0 saturated heterocycles. The van der Waals surface area contributed by atoms with E-state index in [2.05, 4.69) is 20.0 Å². The Labute approximate surface area is 149 Å². The molecule has 0 aliphatic rings. The number of hydrogen-bond acceptors (Lipinski definition) is 4. The first-order chi connectivity index (χ1) is 12.3. The van der Waals surface area contributed by atoms with Crippen molar-refractivity contribution in [2.24, 2.45) is 0 Å². The molecule has 0 bridgehead atoms. The van der Waals surface area contributed by atoms with E-state index in [9.17, 15) is 18.0 Å². The van der Waals surface area contributed by atoms with Gasteiger partial charge in [-0.2, -0.15) is 0 Å². The number of benzene rings is 2. The summed E-state index contributed by atoms with van der Waals surface area (Å²) in [5, 5.41) is 2.72. The topological polar surface area (TPSA) is 124 Å². The minimum absolute atomic E-state index is 0.0283. The molecule has 3 aromatic rings. The number of amides is 1. The minimum Gasteiger partial charge on any atom is -0.322 e. The summed E-state index contributed by atoms with van der Waals surface area (Å²) in [5.74, 6) is -0.437. The molecule has 0 spiro atoms. The Morgan fingerprint density at radius 3 is 2.54 bits per heavy atom. The molecule has 0 unspecified atom stereocenters. The van der Waals surface area contributed by atoms with Crippen LogP contribution in [-0.2, 0) is 10.0 Å². The molecule has 136 valence electrons. The quantitative estimate of drug-likeness (QED) is 0.543. The van der Waals surface area contributed by atoms with Gasteiger partial charge in [-0.1, -0.05) is 13.0 Å². The minimum atomic E-state index is -3.66. The Morgan fingerprint density at radius 2 is 1.81 bits per heavy atom. The van der Waals surface area contributed by atoms with Crippen LogP contribution in [0, 0.1) is 6.92 Å². The van der Waals surface area contributed by atoms with Gasteiger partial charge in [-0.3, -0.25) is 4.79 Å². The van der Waals surface area contributed by atoms with Crippen molar-refractivity contribution in [3.8, 4) is 0 Å². The third kappa shape index (κ3) is 3.53. The summed E-state index contributed by atoms with van der Waals surface area (Å²) in [6, 6.07) is 9.34. The number of carbonyl (C=O) groups is 1. The molecule has 0 radical (unpaired) electrons. The van der Waals surface area contributed by atoms with Crippen molar-refractivity contribution in [1.29, 1.82) is 0 Å². The number of anilines is 1. The molecule has 8 nitrogen and oxygen atoms in total. The molecule has 0 saturated carbocycles. The van der Waals surface area contributed by atoms with Gasteiger partial charge in [-0.05, 0) is 42.8 Å². The molecule has 0 aliphatic carbocycles. The number of aryl methyl sites for hydroxylation is 1. The molecule has 26 heavy (non-hydrogen) atoms. The molecule has 0 fully saturated rings. The van der Waals surface area contributed by atoms with E-state index < -0.39 is 15.9 Å². The van der Waals surface area contributed by atoms with Crippen molar-refractivity contribution in [2.45, 2.75) is 18.7 Å². The lowest BCUT2D eigenvalue weighted by molar-refractivity contribution is 0.102. The van der Waals surface area contributed by atoms with E-state index in [1.54, 1.807) is 38.1 Å². The normalized spacial score (nSPS) is 11.6. The van der Waals surface area contributed by atoms with Crippen LogP contribution in [0.15, 0.2) is 46.1 Å². The maximum Gasteiger partial charge on any atom is 0.323 e. The first-order valence-corrected chi connectivity index (χ1v) is 9.42. The molecule has 0 aliphatic heterocycles. The highest BCUT2D eigenvalue weighted by atomic mass is 32.2. The Hall–Kier alpha value is -2.91. The van der Waals surface area contributed by atoms with Crippen LogP contribution in [0.5, 0.6) is 0 Å². The van der Waals surface area contributed by atoms with Gasteiger partial charge in [0.05, 0.1) is 15.9 Å². The molecule has 4 N–H and O–H groups in total. The zero-order valence-electron chi connectivity index (χ0n) is 14.2. The molecule has 1 amide bonds. The van der Waals surface area contributed by atoms with Gasteiger partial charge in [0, 0.05) is 17.8 Å². The fraction of sp³-hybridized carbons (Fsp3) is 0.176. The zero-order valence-corrected chi connectivity index (χ0v) is 15.0. The van der Waals surface area contributed by atoms with Gasteiger partial charge in [0.2, 0.25) is 10.0 Å². The van der Waals surface area contributed by atoms with Crippen LogP contribution in [-0.4, -0.2) is 30.8 Å². The van der Waals surface area contributed by atoms with Crippen LogP contribution < -0.4 is 15.7 Å². The highest BCUT2D eigenvalue weighted by Gasteiger charge is 2.17. The van der Waals surface area contributed by atoms with Crippen molar-refractivity contribution in [3.63, 3.8) is 0 Å². The zero-order chi connectivity index (χ0) is 18.9. The fourth-order valence-electron chi connectivity index (χ4n) is 2.59. The number of fused-ring (bicyclic) bond motifs is 1. The van der Waals surface area contributed by atoms with Crippen LogP contribution in [0.1, 0.15) is 22.8 Å². The second-order valence-corrected chi connectivity index (χ2v) is 7.54. The van der Waals surface area contributed by atoms with E-state index in [1.807, 2.05) is 0 Å². The van der Waals surface area contributed by atoms with Gasteiger partial charge in [-0.25, -0.2) is 17.9 Å². The summed E-state index contributed by atoms with van der Waals surface area (Å²) in [6.07, 6.45) is 0. The number of aromatic nitrogens is 2. The number of hydrogen-bond donors (Lipinski definition) is 4. The molecular formula is C17H18N4O4S. The maximum atomic E-state index is 12.6. The van der Waals surface area contributed by atoms with Crippen LogP contribution >= 0.6 is 0 Å². The van der Waals surface area contributed by atoms with Gasteiger partial charge in [0.15, 0.2) is 0 Å². The van der Waals surface area contributed by atoms with E-state index in [0.717, 1.165) is 0 Å². The van der Waals surface area contributed by atoms with Gasteiger partial charge < -0.3 is 15.3 Å². The lowest BCUT2D eigenvalue weighted by Gasteiger charge is -2.11. The first-order valence-electron chi connectivity index (χ1n) is 7.94. The van der Waals surface area contributed by atoms with Crippen LogP contribution in [0.2, 0.25) is 0 Å². The van der Waals surface area contributed by atoms with Gasteiger partial charge in [0.1, 0.15) is 0 Å². The molecule has 1 heterocycles. The number of carbonyl (C=O) groups excluding carboxylic acids is 1. The van der Waals surface area contributed by atoms with Crippen molar-refractivity contribution in [2.75, 3.05) is 11.9 Å². The second kappa shape index (κ2) is 6.77. The Kier molecular flexibility index (Phi) is 4.66. The highest BCUT2D eigenvalue weighted by Crippen LogP contribution is 2.19. The molecular weight excluding hydrogens is 356 g/mol. The number of imidazole rings is 1. The lowest BCUT2D eigenvalue weighted by Crippen LogP contribution is -2.24. The number of rotatable bonds is 5. The first kappa shape index (κ1) is 17.9. The van der Waals surface area contributed by atoms with Crippen LogP contribution in [0.4, 0.5) is 5.69 Å². The standard InChI is InChI=1S/C17H18N4O4S/c1-3-18-26(24,25)12-6-4-10(2)13(9-12)16(22)19-11-5-7-14-15(8-11)21-17(23)20-14/h4-9,18H,3H2,1-2H3,(H,19,22)(H2,20,21,23). The number of sulfonamides is 1. The second-order valence-electron chi connectivity index (χ2n) is 5.77. The van der Waals surface area contributed by atoms with Gasteiger partial charge in [-0.15, -0.1) is 0 Å². The largest absolute Gasteiger partial charge is 0.323 e. The van der Waals surface area contributed by atoms with Gasteiger partial charge in [0.25, 0.3) is 5.91 Å². The molecule has 3 rings (SSSR count). The summed E-state index contributed by atoms with van der Waals surface area (Å²) in [4.78, 5) is 29.2. The number of H-pyrrole nitrogens is 2. The van der Waals surface area contributed by atoms with E-state index >= 15 is 0 Å². The summed E-state index contributed by atoms with van der Waals surface area (Å²) < 4.78 is 26.7. The Bertz CT molecular complexity index is 1150. The van der Waals surface area contributed by atoms with Crippen LogP contribution in [0.3, 0.4) is 0 Å². The van der Waals surface area contributed by atoms with E-state index in [0.29, 0.717) is 22.3 Å². The van der Waals surface area contributed by atoms with E-state index in [-0.39, 0.29) is 22.7 Å². The summed E-state index contributed by atoms with van der Waals surface area (Å²) >= 11 is 0. The Balaban J connectivity index is 1.92. The van der Waals surface area contributed by atoms with E-state index in [4.69, 9.17) is 0 Å². The van der Waals surface area contributed by atoms with Crippen molar-refractivity contribution >= 4 is 32.7 Å². The molecule has 2 aromatic carbocycles. The third-order valence-corrected chi connectivity index (χ3v) is 5.42. The summed E-state index contributed by atoms with van der Waals surface area (Å²) in [6.45, 7) is 3.67. The van der Waals surface area contributed by atoms with Gasteiger partial charge >= 0.3 is 5.69 Å². The predicted octanol–water partition coefficient (Wildman–Crippen LogP) is 1.72. The average Bonchev–Trinajstić information content (AvgIpc) is 2.94. The average molecular weight is 374 g/mol. The van der Waals surface area contributed by atoms with Crippen molar-refractivity contribution < 1.29 is 13.2 Å². The maximum absolute atomic E-state index is 12.6. The highest BCUT2D eigenvalue weighted by molar-refractivity contribution is 7.89. The number of aromatic amines is 2. The number of nitrogens with one attached hydrogen (secondary N) is 4. The van der Waals surface area contributed by atoms with Crippen molar-refractivity contribution in [3.05, 3.63) is 58.0 Å². The monoisotopic (exact) mass is 374 g/mol. The fourth-order valence-corrected chi connectivity index (χ4v) is 3.66. The molecule has 1 aromatic heterocycles. The smallest absolute Gasteiger partial charge is 0.322 e. The third-order valence-electron chi connectivity index (χ3n) is 3.87. The molecule has 0 atom stereocenters. The van der Waals surface area contributed by atoms with Crippen molar-refractivity contribution in [1.82, 2.24) is 14.7 Å². The summed E-state index contributed by atoms with van der Waals surface area (Å²) in [5.41, 5.74) is 2.24. The predicted molar refractivity (Wildman–Crippen MR) is 98.9 cm³/mol. The summed E-state index contributed by atoms with van der Waals surface area (Å²) in [7, 11) is -3.66. The SMILES string of the molecule is CCNS(=O)(=O)c1ccc(C)c(C(=O)Nc2ccc3[nH]c(=O)[nH]c3c2)c1. The van der Waals surface area contributed by atoms with Crippen LogP contribution in [0.25, 0.3) is 11.0 Å². The van der Waals surface area contributed by atoms with E-state index in [1.165, 1.54) is 12.1 Å². The Morgan fingerprint density at radius 1 is 1.08 bits per heavy atom.